The van der Waals surface area contributed by atoms with E-state index in [1.807, 2.05) is 0 Å². The normalized spacial score (nSPS) is 11.2. The maximum Gasteiger partial charge on any atom is -0.00140 e. The quantitative estimate of drug-likeness (QED) is 0.207. The van der Waals surface area contributed by atoms with Crippen LogP contribution in [-0.2, 0) is 0 Å². The van der Waals surface area contributed by atoms with Gasteiger partial charge in [0.15, 0.2) is 0 Å². The molecule has 190 valence electrons. The summed E-state index contributed by atoms with van der Waals surface area (Å²) in [6.07, 6.45) is 0. The molecule has 0 aromatic heterocycles. The Morgan fingerprint density at radius 2 is 0.525 bits per heavy atom. The first-order chi connectivity index (χ1) is 19.7. The van der Waals surface area contributed by atoms with Gasteiger partial charge in [0.25, 0.3) is 0 Å². The highest BCUT2D eigenvalue weighted by atomic mass is 14.3. The molecule has 7 rings (SSSR count). The van der Waals surface area contributed by atoms with Crippen molar-refractivity contribution < 1.29 is 0 Å². The number of hydrogen-bond acceptors (Lipinski definition) is 0. The number of hydrogen-bond donors (Lipinski definition) is 0. The van der Waals surface area contributed by atoms with Gasteiger partial charge < -0.3 is 0 Å². The van der Waals surface area contributed by atoms with Crippen molar-refractivity contribution in [1.29, 1.82) is 0 Å². The van der Waals surface area contributed by atoms with Crippen LogP contribution in [0.1, 0.15) is 11.1 Å². The standard InChI is InChI=1S/C40H30/c1-27-33-25-15-16-26-34(33)28(2)36-35(27)37(29-17-7-3-8-18-29)39(31-21-11-5-12-22-31)40(32-23-13-6-14-24-32)38(36)30-19-9-4-10-20-30/h3-26H,1-2H3. The minimum atomic E-state index is 1.23. The predicted molar refractivity (Wildman–Crippen MR) is 173 cm³/mol. The Hall–Kier alpha value is -4.94. The Balaban J connectivity index is 1.86. The summed E-state index contributed by atoms with van der Waals surface area (Å²) < 4.78 is 0. The van der Waals surface area contributed by atoms with Gasteiger partial charge in [0.05, 0.1) is 0 Å². The van der Waals surface area contributed by atoms with E-state index in [-0.39, 0.29) is 0 Å². The van der Waals surface area contributed by atoms with Crippen LogP contribution >= 0.6 is 0 Å². The second-order valence-electron chi connectivity index (χ2n) is 10.5. The molecule has 7 aromatic rings. The number of aryl methyl sites for hydroxylation is 2. The van der Waals surface area contributed by atoms with E-state index in [9.17, 15) is 0 Å². The predicted octanol–water partition coefficient (Wildman–Crippen LogP) is 11.3. The van der Waals surface area contributed by atoms with Gasteiger partial charge in [-0.25, -0.2) is 0 Å². The molecule has 0 amide bonds. The first-order valence-corrected chi connectivity index (χ1v) is 14.0. The lowest BCUT2D eigenvalue weighted by molar-refractivity contribution is 1.50. The van der Waals surface area contributed by atoms with Crippen LogP contribution in [0.15, 0.2) is 146 Å². The van der Waals surface area contributed by atoms with E-state index in [1.165, 1.54) is 77.2 Å². The minimum Gasteiger partial charge on any atom is -0.0622 e. The van der Waals surface area contributed by atoms with E-state index in [0.29, 0.717) is 0 Å². The zero-order valence-corrected chi connectivity index (χ0v) is 22.9. The molecule has 0 radical (unpaired) electrons. The van der Waals surface area contributed by atoms with E-state index in [2.05, 4.69) is 159 Å². The molecule has 0 atom stereocenters. The van der Waals surface area contributed by atoms with Gasteiger partial charge in [0.2, 0.25) is 0 Å². The summed E-state index contributed by atoms with van der Waals surface area (Å²) in [5, 5.41) is 5.30. The van der Waals surface area contributed by atoms with Crippen LogP contribution in [0.5, 0.6) is 0 Å². The summed E-state index contributed by atoms with van der Waals surface area (Å²) in [6.45, 7) is 4.62. The average Bonchev–Trinajstić information content (AvgIpc) is 3.04. The zero-order chi connectivity index (χ0) is 27.1. The van der Waals surface area contributed by atoms with Crippen molar-refractivity contribution in [1.82, 2.24) is 0 Å². The molecule has 0 bridgehead atoms. The molecule has 0 aliphatic heterocycles. The Kier molecular flexibility index (Phi) is 6.02. The highest BCUT2D eigenvalue weighted by Crippen LogP contribution is 2.53. The fraction of sp³-hybridized carbons (Fsp3) is 0.0500. The maximum atomic E-state index is 2.31. The molecule has 7 aromatic carbocycles. The Labute approximate surface area is 236 Å². The Morgan fingerprint density at radius 1 is 0.275 bits per heavy atom. The van der Waals surface area contributed by atoms with E-state index in [4.69, 9.17) is 0 Å². The number of rotatable bonds is 4. The minimum absolute atomic E-state index is 1.23. The van der Waals surface area contributed by atoms with Crippen molar-refractivity contribution in [3.8, 4) is 44.5 Å². The number of benzene rings is 7. The van der Waals surface area contributed by atoms with Gasteiger partial charge in [-0.1, -0.05) is 146 Å². The largest absolute Gasteiger partial charge is 0.0622 e. The number of fused-ring (bicyclic) bond motifs is 2. The molecule has 0 heterocycles. The van der Waals surface area contributed by atoms with E-state index < -0.39 is 0 Å². The van der Waals surface area contributed by atoms with Gasteiger partial charge in [-0.15, -0.1) is 0 Å². The van der Waals surface area contributed by atoms with Crippen LogP contribution in [0.2, 0.25) is 0 Å². The maximum absolute atomic E-state index is 2.31. The summed E-state index contributed by atoms with van der Waals surface area (Å²) in [4.78, 5) is 0. The molecule has 0 aliphatic carbocycles. The fourth-order valence-electron chi connectivity index (χ4n) is 6.48. The van der Waals surface area contributed by atoms with Crippen LogP contribution in [0.25, 0.3) is 66.1 Å². The highest BCUT2D eigenvalue weighted by molar-refractivity contribution is 6.23. The second kappa shape index (κ2) is 9.98. The topological polar surface area (TPSA) is 0 Å². The van der Waals surface area contributed by atoms with Gasteiger partial charge >= 0.3 is 0 Å². The molecule has 0 nitrogen and oxygen atoms in total. The molecule has 0 unspecified atom stereocenters. The molecule has 0 N–H and O–H groups in total. The molecule has 0 saturated carbocycles. The van der Waals surface area contributed by atoms with Crippen molar-refractivity contribution in [3.05, 3.63) is 157 Å². The molecule has 0 fully saturated rings. The average molecular weight is 511 g/mol. The lowest BCUT2D eigenvalue weighted by Gasteiger charge is -2.27. The molecule has 0 heteroatoms. The molecular formula is C40H30. The molecule has 0 spiro atoms. The molecule has 0 aliphatic rings. The van der Waals surface area contributed by atoms with Gasteiger partial charge in [-0.2, -0.15) is 0 Å². The van der Waals surface area contributed by atoms with Crippen LogP contribution < -0.4 is 0 Å². The second-order valence-corrected chi connectivity index (χ2v) is 10.5. The third-order valence-electron chi connectivity index (χ3n) is 8.23. The van der Waals surface area contributed by atoms with E-state index >= 15 is 0 Å². The summed E-state index contributed by atoms with van der Waals surface area (Å²) >= 11 is 0. The van der Waals surface area contributed by atoms with Crippen molar-refractivity contribution >= 4 is 21.5 Å². The monoisotopic (exact) mass is 510 g/mol. The fourth-order valence-corrected chi connectivity index (χ4v) is 6.48. The molecule has 40 heavy (non-hydrogen) atoms. The van der Waals surface area contributed by atoms with Crippen molar-refractivity contribution in [2.45, 2.75) is 13.8 Å². The van der Waals surface area contributed by atoms with Crippen LogP contribution in [-0.4, -0.2) is 0 Å². The van der Waals surface area contributed by atoms with Crippen molar-refractivity contribution in [2.75, 3.05) is 0 Å². The molecule has 0 saturated heterocycles. The smallest absolute Gasteiger partial charge is 0.00140 e. The zero-order valence-electron chi connectivity index (χ0n) is 22.9. The third-order valence-corrected chi connectivity index (χ3v) is 8.23. The first kappa shape index (κ1) is 24.1. The van der Waals surface area contributed by atoms with Crippen LogP contribution in [0.4, 0.5) is 0 Å². The molecular weight excluding hydrogens is 480 g/mol. The van der Waals surface area contributed by atoms with Gasteiger partial charge in [0, 0.05) is 0 Å². The Morgan fingerprint density at radius 3 is 0.825 bits per heavy atom. The van der Waals surface area contributed by atoms with Gasteiger partial charge in [-0.3, -0.25) is 0 Å². The van der Waals surface area contributed by atoms with E-state index in [0.717, 1.165) is 0 Å². The third kappa shape index (κ3) is 3.84. The lowest BCUT2D eigenvalue weighted by Crippen LogP contribution is -2.01. The SMILES string of the molecule is Cc1c2ccccc2c(C)c2c(-c3ccccc3)c(-c3ccccc3)c(-c3ccccc3)c(-c3ccccc3)c12. The van der Waals surface area contributed by atoms with Gasteiger partial charge in [0.1, 0.15) is 0 Å². The van der Waals surface area contributed by atoms with Crippen molar-refractivity contribution in [2.24, 2.45) is 0 Å². The summed E-state index contributed by atoms with van der Waals surface area (Å²) in [5.41, 5.74) is 12.7. The summed E-state index contributed by atoms with van der Waals surface area (Å²) in [5.74, 6) is 0. The van der Waals surface area contributed by atoms with Crippen LogP contribution in [0.3, 0.4) is 0 Å². The van der Waals surface area contributed by atoms with E-state index in [1.54, 1.807) is 0 Å². The lowest BCUT2D eigenvalue weighted by atomic mass is 9.76. The Bertz CT molecular complexity index is 1820. The van der Waals surface area contributed by atoms with Crippen LogP contribution in [0, 0.1) is 13.8 Å². The first-order valence-electron chi connectivity index (χ1n) is 14.0. The summed E-state index contributed by atoms with van der Waals surface area (Å²) in [6, 6.07) is 52.7. The van der Waals surface area contributed by atoms with Crippen molar-refractivity contribution in [3.63, 3.8) is 0 Å². The highest BCUT2D eigenvalue weighted by Gasteiger charge is 2.26. The summed E-state index contributed by atoms with van der Waals surface area (Å²) in [7, 11) is 0. The van der Waals surface area contributed by atoms with Gasteiger partial charge in [-0.05, 0) is 91.0 Å².